The highest BCUT2D eigenvalue weighted by atomic mass is 16.8. The van der Waals surface area contributed by atoms with E-state index in [1.807, 2.05) is 30.3 Å². The molecule has 10 nitrogen and oxygen atoms in total. The van der Waals surface area contributed by atoms with E-state index < -0.39 is 49.3 Å². The number of rotatable bonds is 6. The van der Waals surface area contributed by atoms with Crippen LogP contribution in [0.4, 0.5) is 9.59 Å². The quantitative estimate of drug-likeness (QED) is 0.630. The molecule has 0 bridgehead atoms. The summed E-state index contributed by atoms with van der Waals surface area (Å²) in [6.45, 7) is 3.67. The SMILES string of the molecule is CCOC(=O)OC1C(OC)OC2COC(c3ccccc3)OC2C1OC(=O)OCC. The summed E-state index contributed by atoms with van der Waals surface area (Å²) in [6, 6.07) is 9.27. The molecule has 2 heterocycles. The molecule has 10 heteroatoms. The van der Waals surface area contributed by atoms with Crippen LogP contribution in [0.25, 0.3) is 0 Å². The molecule has 0 radical (unpaired) electrons. The molecule has 166 valence electrons. The second kappa shape index (κ2) is 10.6. The molecule has 0 amide bonds. The van der Waals surface area contributed by atoms with Gasteiger partial charge in [-0.25, -0.2) is 9.59 Å². The van der Waals surface area contributed by atoms with Gasteiger partial charge in [0.2, 0.25) is 0 Å². The van der Waals surface area contributed by atoms with Crippen molar-refractivity contribution in [2.75, 3.05) is 26.9 Å². The topological polar surface area (TPSA) is 108 Å². The Hall–Kier alpha value is -2.40. The molecular formula is C20H26O10. The summed E-state index contributed by atoms with van der Waals surface area (Å²) in [5.41, 5.74) is 0.780. The van der Waals surface area contributed by atoms with Crippen molar-refractivity contribution >= 4 is 12.3 Å². The highest BCUT2D eigenvalue weighted by Crippen LogP contribution is 2.36. The summed E-state index contributed by atoms with van der Waals surface area (Å²) in [4.78, 5) is 24.1. The molecule has 3 rings (SSSR count). The van der Waals surface area contributed by atoms with Crippen LogP contribution < -0.4 is 0 Å². The second-order valence-corrected chi connectivity index (χ2v) is 6.49. The van der Waals surface area contributed by atoms with Crippen molar-refractivity contribution < 1.29 is 47.5 Å². The summed E-state index contributed by atoms with van der Waals surface area (Å²) in [5, 5.41) is 0. The minimum absolute atomic E-state index is 0.111. The average Bonchev–Trinajstić information content (AvgIpc) is 2.75. The number of hydrogen-bond donors (Lipinski definition) is 0. The molecule has 2 saturated heterocycles. The molecule has 2 fully saturated rings. The maximum absolute atomic E-state index is 12.1. The maximum Gasteiger partial charge on any atom is 0.508 e. The zero-order valence-corrected chi connectivity index (χ0v) is 17.1. The van der Waals surface area contributed by atoms with Gasteiger partial charge in [-0.3, -0.25) is 0 Å². The molecule has 0 N–H and O–H groups in total. The fraction of sp³-hybridized carbons (Fsp3) is 0.600. The first-order valence-corrected chi connectivity index (χ1v) is 9.74. The highest BCUT2D eigenvalue weighted by Gasteiger charge is 2.54. The third kappa shape index (κ3) is 5.20. The minimum Gasteiger partial charge on any atom is -0.435 e. The smallest absolute Gasteiger partial charge is 0.435 e. The Morgan fingerprint density at radius 1 is 0.967 bits per heavy atom. The lowest BCUT2D eigenvalue weighted by atomic mass is 9.97. The van der Waals surface area contributed by atoms with Gasteiger partial charge in [0, 0.05) is 12.7 Å². The van der Waals surface area contributed by atoms with E-state index in [2.05, 4.69) is 0 Å². The molecule has 30 heavy (non-hydrogen) atoms. The van der Waals surface area contributed by atoms with E-state index in [-0.39, 0.29) is 19.8 Å². The molecule has 0 aliphatic carbocycles. The summed E-state index contributed by atoms with van der Waals surface area (Å²) < 4.78 is 43.6. The molecule has 2 aliphatic heterocycles. The number of hydrogen-bond acceptors (Lipinski definition) is 10. The van der Waals surface area contributed by atoms with Crippen LogP contribution in [0.1, 0.15) is 25.7 Å². The molecule has 1 aromatic carbocycles. The van der Waals surface area contributed by atoms with Crippen molar-refractivity contribution in [1.29, 1.82) is 0 Å². The predicted molar refractivity (Wildman–Crippen MR) is 99.5 cm³/mol. The Kier molecular flexibility index (Phi) is 7.86. The van der Waals surface area contributed by atoms with Gasteiger partial charge in [-0.1, -0.05) is 30.3 Å². The zero-order chi connectivity index (χ0) is 21.5. The van der Waals surface area contributed by atoms with Crippen LogP contribution in [0.3, 0.4) is 0 Å². The average molecular weight is 426 g/mol. The summed E-state index contributed by atoms with van der Waals surface area (Å²) in [5.74, 6) is 0. The van der Waals surface area contributed by atoms with Gasteiger partial charge in [-0.2, -0.15) is 0 Å². The van der Waals surface area contributed by atoms with Crippen molar-refractivity contribution in [2.24, 2.45) is 0 Å². The largest absolute Gasteiger partial charge is 0.508 e. The molecule has 2 aliphatic rings. The van der Waals surface area contributed by atoms with Gasteiger partial charge in [-0.05, 0) is 13.8 Å². The van der Waals surface area contributed by atoms with Crippen LogP contribution in [-0.2, 0) is 37.9 Å². The Bertz CT molecular complexity index is 696. The van der Waals surface area contributed by atoms with Crippen molar-refractivity contribution in [2.45, 2.75) is 50.8 Å². The molecular weight excluding hydrogens is 400 g/mol. The van der Waals surface area contributed by atoms with Crippen molar-refractivity contribution in [1.82, 2.24) is 0 Å². The Morgan fingerprint density at radius 2 is 1.60 bits per heavy atom. The number of carbonyl (C=O) groups excluding carboxylic acids is 2. The van der Waals surface area contributed by atoms with E-state index in [0.717, 1.165) is 5.56 Å². The number of benzene rings is 1. The highest BCUT2D eigenvalue weighted by molar-refractivity contribution is 5.61. The first-order chi connectivity index (χ1) is 14.6. The van der Waals surface area contributed by atoms with E-state index >= 15 is 0 Å². The zero-order valence-electron chi connectivity index (χ0n) is 17.1. The second-order valence-electron chi connectivity index (χ2n) is 6.49. The van der Waals surface area contributed by atoms with E-state index in [1.165, 1.54) is 7.11 Å². The van der Waals surface area contributed by atoms with E-state index in [9.17, 15) is 9.59 Å². The Balaban J connectivity index is 1.85. The molecule has 0 aromatic heterocycles. The minimum atomic E-state index is -1.14. The van der Waals surface area contributed by atoms with Crippen LogP contribution >= 0.6 is 0 Å². The van der Waals surface area contributed by atoms with Gasteiger partial charge in [0.15, 0.2) is 24.8 Å². The van der Waals surface area contributed by atoms with Gasteiger partial charge in [0.1, 0.15) is 12.2 Å². The van der Waals surface area contributed by atoms with E-state index in [0.29, 0.717) is 0 Å². The molecule has 6 atom stereocenters. The monoisotopic (exact) mass is 426 g/mol. The maximum atomic E-state index is 12.1. The van der Waals surface area contributed by atoms with E-state index in [1.54, 1.807) is 13.8 Å². The third-order valence-corrected chi connectivity index (χ3v) is 4.58. The molecule has 0 saturated carbocycles. The molecule has 6 unspecified atom stereocenters. The lowest BCUT2D eigenvalue weighted by Crippen LogP contribution is -2.64. The van der Waals surface area contributed by atoms with Crippen LogP contribution in [0.15, 0.2) is 30.3 Å². The summed E-state index contributed by atoms with van der Waals surface area (Å²) >= 11 is 0. The standard InChI is InChI=1S/C20H26O10/c1-4-24-19(21)29-15-14-13(11-26-17(28-14)12-9-7-6-8-10-12)27-18(23-3)16(15)30-20(22)25-5-2/h6-10,13-18H,4-5,11H2,1-3H3. The van der Waals surface area contributed by atoms with Crippen LogP contribution in [0.2, 0.25) is 0 Å². The fourth-order valence-electron chi connectivity index (χ4n) is 3.30. The Labute approximate surface area is 174 Å². The number of methoxy groups -OCH3 is 1. The van der Waals surface area contributed by atoms with Crippen LogP contribution in [0.5, 0.6) is 0 Å². The fourth-order valence-corrected chi connectivity index (χ4v) is 3.30. The van der Waals surface area contributed by atoms with Gasteiger partial charge in [0.05, 0.1) is 19.8 Å². The van der Waals surface area contributed by atoms with Crippen molar-refractivity contribution in [3.8, 4) is 0 Å². The number of carbonyl (C=O) groups is 2. The lowest BCUT2D eigenvalue weighted by Gasteiger charge is -2.47. The summed E-state index contributed by atoms with van der Waals surface area (Å²) in [6.07, 6.45) is -7.28. The third-order valence-electron chi connectivity index (χ3n) is 4.58. The predicted octanol–water partition coefficient (Wildman–Crippen LogP) is 2.56. The van der Waals surface area contributed by atoms with Gasteiger partial charge in [0.25, 0.3) is 0 Å². The first kappa shape index (κ1) is 22.3. The number of ether oxygens (including phenoxy) is 8. The number of fused-ring (bicyclic) bond motifs is 1. The van der Waals surface area contributed by atoms with Gasteiger partial charge >= 0.3 is 12.3 Å². The van der Waals surface area contributed by atoms with Crippen LogP contribution in [-0.4, -0.2) is 69.9 Å². The van der Waals surface area contributed by atoms with Crippen molar-refractivity contribution in [3.05, 3.63) is 35.9 Å². The normalized spacial score (nSPS) is 30.6. The van der Waals surface area contributed by atoms with Gasteiger partial charge < -0.3 is 37.9 Å². The summed E-state index contributed by atoms with van der Waals surface area (Å²) in [7, 11) is 1.38. The molecule has 1 aromatic rings. The van der Waals surface area contributed by atoms with E-state index in [4.69, 9.17) is 37.9 Å². The van der Waals surface area contributed by atoms with Crippen molar-refractivity contribution in [3.63, 3.8) is 0 Å². The lowest BCUT2D eigenvalue weighted by molar-refractivity contribution is -0.358. The van der Waals surface area contributed by atoms with Crippen LogP contribution in [0, 0.1) is 0 Å². The molecule has 0 spiro atoms. The first-order valence-electron chi connectivity index (χ1n) is 9.74. The van der Waals surface area contributed by atoms with Gasteiger partial charge in [-0.15, -0.1) is 0 Å². The Morgan fingerprint density at radius 3 is 2.20 bits per heavy atom.